The molecule has 2 spiro atoms. The zero-order chi connectivity index (χ0) is 43.2. The number of hydrogen-bond acceptors (Lipinski definition) is 12. The molecule has 6 aliphatic rings. The highest BCUT2D eigenvalue weighted by Gasteiger charge is 2.63. The average molecular weight is 843 g/mol. The van der Waals surface area contributed by atoms with E-state index >= 15 is 0 Å². The number of hydrogen-bond donors (Lipinski definition) is 0. The van der Waals surface area contributed by atoms with Gasteiger partial charge in [-0.05, 0) is 76.3 Å². The molecule has 0 radical (unpaired) electrons. The molecular weight excluding hydrogens is 769 g/mol. The van der Waals surface area contributed by atoms with Gasteiger partial charge in [0.2, 0.25) is 0 Å². The van der Waals surface area contributed by atoms with Crippen LogP contribution in [0, 0.1) is 35.5 Å². The van der Waals surface area contributed by atoms with Gasteiger partial charge in [-0.2, -0.15) is 0 Å². The van der Waals surface area contributed by atoms with Gasteiger partial charge >= 0.3 is 5.97 Å². The maximum Gasteiger partial charge on any atom is 0.311 e. The molecule has 6 heterocycles. The van der Waals surface area contributed by atoms with E-state index in [0.717, 1.165) is 49.8 Å². The first-order chi connectivity index (χ1) is 28.6. The van der Waals surface area contributed by atoms with Crippen molar-refractivity contribution in [3.63, 3.8) is 0 Å². The lowest BCUT2D eigenvalue weighted by Gasteiger charge is -2.50. The van der Waals surface area contributed by atoms with Crippen molar-refractivity contribution >= 4 is 5.97 Å². The van der Waals surface area contributed by atoms with Crippen LogP contribution in [0.4, 0.5) is 0 Å². The lowest BCUT2D eigenvalue weighted by molar-refractivity contribution is -0.338. The normalized spacial score (nSPS) is 44.5. The predicted molar refractivity (Wildman–Crippen MR) is 224 cm³/mol. The molecule has 60 heavy (non-hydrogen) atoms. The molecule has 6 saturated heterocycles. The van der Waals surface area contributed by atoms with Crippen LogP contribution >= 0.6 is 0 Å². The molecule has 0 N–H and O–H groups in total. The first-order valence-corrected chi connectivity index (χ1v) is 22.8. The van der Waals surface area contributed by atoms with Crippen LogP contribution in [-0.4, -0.2) is 106 Å². The van der Waals surface area contributed by atoms with Gasteiger partial charge in [0.1, 0.15) is 12.4 Å². The van der Waals surface area contributed by atoms with Gasteiger partial charge < -0.3 is 52.1 Å². The minimum Gasteiger partial charge on any atom is -0.497 e. The maximum absolute atomic E-state index is 12.7. The minimum absolute atomic E-state index is 0.0181. The second kappa shape index (κ2) is 18.2. The molecule has 0 amide bonds. The van der Waals surface area contributed by atoms with E-state index in [0.29, 0.717) is 26.1 Å². The Labute approximate surface area is 358 Å². The smallest absolute Gasteiger partial charge is 0.311 e. The van der Waals surface area contributed by atoms with Crippen molar-refractivity contribution in [3.8, 4) is 5.75 Å². The minimum atomic E-state index is -0.873. The Balaban J connectivity index is 1.04. The first-order valence-electron chi connectivity index (χ1n) is 22.8. The van der Waals surface area contributed by atoms with Gasteiger partial charge in [0.25, 0.3) is 0 Å². The van der Waals surface area contributed by atoms with Crippen molar-refractivity contribution < 1.29 is 56.9 Å². The fraction of sp³-hybridized carbons (Fsp3) is 0.812. The van der Waals surface area contributed by atoms with E-state index in [1.807, 2.05) is 31.2 Å². The van der Waals surface area contributed by atoms with Crippen molar-refractivity contribution in [1.29, 1.82) is 0 Å². The number of rotatable bonds is 14. The Morgan fingerprint density at radius 2 is 1.72 bits per heavy atom. The molecule has 1 aromatic carbocycles. The van der Waals surface area contributed by atoms with Gasteiger partial charge in [-0.25, -0.2) is 0 Å². The molecule has 6 fully saturated rings. The summed E-state index contributed by atoms with van der Waals surface area (Å²) in [7, 11) is 4.72. The molecule has 338 valence electrons. The molecule has 0 aliphatic carbocycles. The summed E-state index contributed by atoms with van der Waals surface area (Å²) >= 11 is 0. The molecule has 0 bridgehead atoms. The fourth-order valence-corrected chi connectivity index (χ4v) is 12.0. The van der Waals surface area contributed by atoms with Crippen LogP contribution < -0.4 is 4.74 Å². The molecular formula is C48H74O12. The molecule has 0 unspecified atom stereocenters. The topological polar surface area (TPSA) is 119 Å². The van der Waals surface area contributed by atoms with Crippen LogP contribution in [0.3, 0.4) is 0 Å². The summed E-state index contributed by atoms with van der Waals surface area (Å²) in [6.45, 7) is 22.0. The van der Waals surface area contributed by atoms with E-state index < -0.39 is 41.1 Å². The van der Waals surface area contributed by atoms with E-state index in [9.17, 15) is 4.79 Å². The fourth-order valence-electron chi connectivity index (χ4n) is 12.0. The Bertz CT molecular complexity index is 1620. The number of ether oxygens (including phenoxy) is 11. The molecule has 12 heteroatoms. The third-order valence-corrected chi connectivity index (χ3v) is 15.5. The number of carbonyl (C=O) groups is 1. The van der Waals surface area contributed by atoms with Crippen molar-refractivity contribution in [2.45, 2.75) is 179 Å². The van der Waals surface area contributed by atoms with Crippen LogP contribution in [0.2, 0.25) is 0 Å². The molecule has 6 aliphatic heterocycles. The Hall–Kier alpha value is -2.13. The van der Waals surface area contributed by atoms with Gasteiger partial charge in [-0.1, -0.05) is 59.8 Å². The highest BCUT2D eigenvalue weighted by Crippen LogP contribution is 2.56. The summed E-state index contributed by atoms with van der Waals surface area (Å²) in [5.41, 5.74) is -0.0993. The van der Waals surface area contributed by atoms with Crippen molar-refractivity contribution in [1.82, 2.24) is 0 Å². The highest BCUT2D eigenvalue weighted by molar-refractivity contribution is 5.72. The van der Waals surface area contributed by atoms with E-state index in [2.05, 4.69) is 55.0 Å². The number of esters is 1. The third kappa shape index (κ3) is 8.48. The first kappa shape index (κ1) is 45.9. The van der Waals surface area contributed by atoms with Crippen molar-refractivity contribution in [2.75, 3.05) is 34.5 Å². The van der Waals surface area contributed by atoms with E-state index in [-0.39, 0.29) is 72.2 Å². The lowest BCUT2D eigenvalue weighted by Crippen LogP contribution is -2.57. The summed E-state index contributed by atoms with van der Waals surface area (Å²) in [6, 6.07) is 7.83. The van der Waals surface area contributed by atoms with Crippen LogP contribution in [0.15, 0.2) is 36.9 Å². The van der Waals surface area contributed by atoms with Gasteiger partial charge in [0.15, 0.2) is 17.9 Å². The SMILES string of the molecule is C=CCO[C@H]1C[C@]2(CC[C@](C)([C@H]3CC[C@@](CC)([C@@H]4O[C@H]([C@H]5O[C@@]6(CO[C@@H](c7ccc(OC)cc7)O6)[C@H](C)C[C@@H]5C)C[C@@H]4C)O3)O2)O[C@H]([C@@H](C)[C@@H](OC)[C@H](C)C(=O)OC)[C@@H]1C. The van der Waals surface area contributed by atoms with E-state index in [4.69, 9.17) is 52.1 Å². The Kier molecular flexibility index (Phi) is 13.9. The zero-order valence-electron chi connectivity index (χ0n) is 38.1. The van der Waals surface area contributed by atoms with Gasteiger partial charge in [-0.3, -0.25) is 4.79 Å². The summed E-state index contributed by atoms with van der Waals surface area (Å²) in [5.74, 6) is -1.13. The largest absolute Gasteiger partial charge is 0.497 e. The maximum atomic E-state index is 12.7. The molecule has 0 saturated carbocycles. The molecule has 0 aromatic heterocycles. The molecule has 7 rings (SSSR count). The monoisotopic (exact) mass is 843 g/mol. The van der Waals surface area contributed by atoms with Crippen LogP contribution in [0.1, 0.15) is 119 Å². The van der Waals surface area contributed by atoms with Crippen molar-refractivity contribution in [2.24, 2.45) is 35.5 Å². The zero-order valence-corrected chi connectivity index (χ0v) is 38.1. The van der Waals surface area contributed by atoms with Crippen LogP contribution in [-0.2, 0) is 52.2 Å². The highest BCUT2D eigenvalue weighted by atomic mass is 16.8. The van der Waals surface area contributed by atoms with Crippen molar-refractivity contribution in [3.05, 3.63) is 42.5 Å². The van der Waals surface area contributed by atoms with Gasteiger partial charge in [0, 0.05) is 43.3 Å². The predicted octanol–water partition coefficient (Wildman–Crippen LogP) is 8.34. The van der Waals surface area contributed by atoms with Gasteiger partial charge in [0.05, 0.1) is 80.7 Å². The standard InChI is InChI=1S/C48H74O12/c1-13-23-53-37-26-47(57-41(31(37)6)32(7)40(51-11)33(8)43(49)52-12)22-21-45(9,60-47)38-19-20-46(14-2,56-38)42-29(4)25-36(55-42)39-28(3)24-30(5)48(58-39)27-54-44(59-48)34-15-17-35(50-10)18-16-34/h13,15-18,28-33,36-42,44H,1,14,19-27H2,2-12H3/t28-,29-,30+,31+,32-,33-,36-,37-,38+,39-,40+,41-,42+,44+,45+,46-,47+,48+/m0/s1. The second-order valence-electron chi connectivity index (χ2n) is 19.4. The Morgan fingerprint density at radius 3 is 2.38 bits per heavy atom. The number of methoxy groups -OCH3 is 3. The Morgan fingerprint density at radius 1 is 0.967 bits per heavy atom. The summed E-state index contributed by atoms with van der Waals surface area (Å²) in [5, 5.41) is 0. The van der Waals surface area contributed by atoms with Crippen LogP contribution in [0.25, 0.3) is 0 Å². The summed E-state index contributed by atoms with van der Waals surface area (Å²) < 4.78 is 71.7. The van der Waals surface area contributed by atoms with Crippen LogP contribution in [0.5, 0.6) is 5.75 Å². The molecule has 12 nitrogen and oxygen atoms in total. The number of carbonyl (C=O) groups excluding carboxylic acids is 1. The average Bonchev–Trinajstić information content (AvgIpc) is 4.05. The summed E-state index contributed by atoms with van der Waals surface area (Å²) in [4.78, 5) is 12.7. The van der Waals surface area contributed by atoms with Gasteiger partial charge in [-0.15, -0.1) is 6.58 Å². The third-order valence-electron chi connectivity index (χ3n) is 15.5. The second-order valence-corrected chi connectivity index (χ2v) is 19.4. The molecule has 1 aromatic rings. The quantitative estimate of drug-likeness (QED) is 0.132. The van der Waals surface area contributed by atoms with E-state index in [1.165, 1.54) is 7.11 Å². The lowest BCUT2D eigenvalue weighted by atomic mass is 9.78. The summed E-state index contributed by atoms with van der Waals surface area (Å²) in [6.07, 6.45) is 6.46. The molecule has 18 atom stereocenters. The number of benzene rings is 1. The van der Waals surface area contributed by atoms with E-state index in [1.54, 1.807) is 20.3 Å².